The minimum Gasteiger partial charge on any atom is -0.384 e. The summed E-state index contributed by atoms with van der Waals surface area (Å²) in [5.74, 6) is 7.00. The molecule has 0 aromatic heterocycles. The van der Waals surface area contributed by atoms with Gasteiger partial charge in [0, 0.05) is 19.3 Å². The summed E-state index contributed by atoms with van der Waals surface area (Å²) in [6.07, 6.45) is 8.00. The number of hydrogen-bond donors (Lipinski definition) is 2. The predicted octanol–water partition coefficient (Wildman–Crippen LogP) is 2.14. The lowest BCUT2D eigenvalue weighted by atomic mass is 9.78. The Hall–Kier alpha value is -1.30. The quantitative estimate of drug-likeness (QED) is 0.818. The van der Waals surface area contributed by atoms with Gasteiger partial charge in [-0.25, -0.2) is 0 Å². The highest BCUT2D eigenvalue weighted by molar-refractivity contribution is 5.26. The summed E-state index contributed by atoms with van der Waals surface area (Å²) in [4.78, 5) is 1.61. The van der Waals surface area contributed by atoms with E-state index in [1.54, 1.807) is 4.90 Å². The molecule has 1 aromatic rings. The summed E-state index contributed by atoms with van der Waals surface area (Å²) in [7, 11) is 0. The Balaban J connectivity index is 1.70. The van der Waals surface area contributed by atoms with Crippen molar-refractivity contribution in [1.29, 1.82) is 0 Å². The molecule has 2 aliphatic rings. The minimum absolute atomic E-state index is 0.364. The molecule has 2 heteroatoms. The first kappa shape index (κ1) is 15.6. The fourth-order valence-corrected chi connectivity index (χ4v) is 4.05. The third-order valence-electron chi connectivity index (χ3n) is 5.44. The maximum absolute atomic E-state index is 11.4. The molecule has 0 unspecified atom stereocenters. The van der Waals surface area contributed by atoms with Crippen LogP contribution < -0.4 is 4.90 Å². The highest BCUT2D eigenvalue weighted by atomic mass is 16.3. The van der Waals surface area contributed by atoms with Gasteiger partial charge in [0.25, 0.3) is 0 Å². The SMILES string of the molecule is O[C@@](CC#CC[NH+]1CCCC1)(c1ccccc1)C1CCCC1. The number of nitrogens with one attached hydrogen (secondary N) is 1. The Labute approximate surface area is 134 Å². The highest BCUT2D eigenvalue weighted by Gasteiger charge is 2.39. The number of likely N-dealkylation sites (tertiary alicyclic amines) is 1. The maximum atomic E-state index is 11.4. The van der Waals surface area contributed by atoms with E-state index in [2.05, 4.69) is 24.0 Å². The molecule has 0 radical (unpaired) electrons. The summed E-state index contributed by atoms with van der Waals surface area (Å²) in [6, 6.07) is 10.2. The molecule has 1 heterocycles. The van der Waals surface area contributed by atoms with Gasteiger partial charge in [-0.05, 0) is 30.2 Å². The lowest BCUT2D eigenvalue weighted by Gasteiger charge is -2.33. The van der Waals surface area contributed by atoms with Crippen molar-refractivity contribution in [2.75, 3.05) is 19.6 Å². The smallest absolute Gasteiger partial charge is 0.139 e. The third-order valence-corrected chi connectivity index (χ3v) is 5.44. The van der Waals surface area contributed by atoms with Crippen LogP contribution in [0.5, 0.6) is 0 Å². The van der Waals surface area contributed by atoms with Gasteiger partial charge in [-0.1, -0.05) is 49.1 Å². The third kappa shape index (κ3) is 3.54. The zero-order valence-electron chi connectivity index (χ0n) is 13.5. The van der Waals surface area contributed by atoms with Crippen LogP contribution in [-0.2, 0) is 5.60 Å². The minimum atomic E-state index is -0.759. The Morgan fingerprint density at radius 3 is 2.36 bits per heavy atom. The van der Waals surface area contributed by atoms with Gasteiger partial charge in [-0.15, -0.1) is 0 Å². The number of benzene rings is 1. The Kier molecular flexibility index (Phi) is 5.18. The summed E-state index contributed by atoms with van der Waals surface area (Å²) < 4.78 is 0. The van der Waals surface area contributed by atoms with E-state index in [0.29, 0.717) is 12.3 Å². The van der Waals surface area contributed by atoms with E-state index >= 15 is 0 Å². The van der Waals surface area contributed by atoms with E-state index in [0.717, 1.165) is 24.9 Å². The van der Waals surface area contributed by atoms with Crippen LogP contribution in [0.3, 0.4) is 0 Å². The normalized spacial score (nSPS) is 22.2. The van der Waals surface area contributed by atoms with Crippen molar-refractivity contribution >= 4 is 0 Å². The first-order valence-electron chi connectivity index (χ1n) is 8.86. The molecule has 3 rings (SSSR count). The van der Waals surface area contributed by atoms with Gasteiger partial charge in [0.05, 0.1) is 13.1 Å². The molecule has 2 nitrogen and oxygen atoms in total. The molecule has 1 atom stereocenters. The molecule has 2 fully saturated rings. The van der Waals surface area contributed by atoms with Crippen molar-refractivity contribution in [3.05, 3.63) is 35.9 Å². The maximum Gasteiger partial charge on any atom is 0.139 e. The first-order valence-corrected chi connectivity index (χ1v) is 8.86. The van der Waals surface area contributed by atoms with Crippen LogP contribution in [0.25, 0.3) is 0 Å². The number of quaternary nitrogens is 1. The zero-order valence-corrected chi connectivity index (χ0v) is 13.5. The lowest BCUT2D eigenvalue weighted by molar-refractivity contribution is -0.879. The molecule has 1 saturated carbocycles. The number of hydrogen-bond acceptors (Lipinski definition) is 1. The largest absolute Gasteiger partial charge is 0.384 e. The van der Waals surface area contributed by atoms with E-state index < -0.39 is 5.60 Å². The monoisotopic (exact) mass is 298 g/mol. The fraction of sp³-hybridized carbons (Fsp3) is 0.600. The summed E-state index contributed by atoms with van der Waals surface area (Å²) in [6.45, 7) is 3.47. The second-order valence-corrected chi connectivity index (χ2v) is 6.94. The average molecular weight is 298 g/mol. The van der Waals surface area contributed by atoms with Crippen LogP contribution in [0.2, 0.25) is 0 Å². The van der Waals surface area contributed by atoms with Crippen LogP contribution in [0.1, 0.15) is 50.5 Å². The molecule has 1 saturated heterocycles. The fourth-order valence-electron chi connectivity index (χ4n) is 4.05. The standard InChI is InChI=1S/C20H27NO/c22-20(19-12-4-5-13-19,18-10-2-1-3-11-18)14-6-7-15-21-16-8-9-17-21/h1-3,10-11,19,22H,4-5,8-9,12-17H2/p+1/t20-/m0/s1. The van der Waals surface area contributed by atoms with Crippen molar-refractivity contribution in [1.82, 2.24) is 0 Å². The second-order valence-electron chi connectivity index (χ2n) is 6.94. The molecule has 1 aliphatic heterocycles. The summed E-state index contributed by atoms with van der Waals surface area (Å²) >= 11 is 0. The molecular formula is C20H28NO+. The van der Waals surface area contributed by atoms with Gasteiger partial charge in [0.2, 0.25) is 0 Å². The topological polar surface area (TPSA) is 24.7 Å². The first-order chi connectivity index (χ1) is 10.8. The summed E-state index contributed by atoms with van der Waals surface area (Å²) in [5.41, 5.74) is 0.287. The van der Waals surface area contributed by atoms with Crippen LogP contribution in [0.4, 0.5) is 0 Å². The Bertz CT molecular complexity index is 518. The van der Waals surface area contributed by atoms with Crippen molar-refractivity contribution < 1.29 is 10.0 Å². The highest BCUT2D eigenvalue weighted by Crippen LogP contribution is 2.42. The molecule has 0 bridgehead atoms. The molecule has 2 N–H and O–H groups in total. The van der Waals surface area contributed by atoms with Crippen LogP contribution in [0, 0.1) is 17.8 Å². The van der Waals surface area contributed by atoms with Gasteiger partial charge < -0.3 is 10.0 Å². The zero-order chi connectivity index (χ0) is 15.3. The lowest BCUT2D eigenvalue weighted by Crippen LogP contribution is -3.09. The Morgan fingerprint density at radius 1 is 1.00 bits per heavy atom. The van der Waals surface area contributed by atoms with Gasteiger partial charge in [0.15, 0.2) is 0 Å². The van der Waals surface area contributed by atoms with Crippen LogP contribution in [-0.4, -0.2) is 24.7 Å². The molecule has 0 spiro atoms. The van der Waals surface area contributed by atoms with Crippen LogP contribution >= 0.6 is 0 Å². The van der Waals surface area contributed by atoms with E-state index in [1.807, 2.05) is 18.2 Å². The van der Waals surface area contributed by atoms with Gasteiger partial charge in [0.1, 0.15) is 12.1 Å². The van der Waals surface area contributed by atoms with Gasteiger partial charge in [-0.3, -0.25) is 0 Å². The van der Waals surface area contributed by atoms with Crippen molar-refractivity contribution in [2.24, 2.45) is 5.92 Å². The second kappa shape index (κ2) is 7.31. The average Bonchev–Trinajstić information content (AvgIpc) is 3.25. The van der Waals surface area contributed by atoms with Crippen molar-refractivity contribution in [3.8, 4) is 11.8 Å². The van der Waals surface area contributed by atoms with Gasteiger partial charge in [-0.2, -0.15) is 0 Å². The molecule has 1 aromatic carbocycles. The molecule has 0 amide bonds. The van der Waals surface area contributed by atoms with Crippen molar-refractivity contribution in [2.45, 2.75) is 50.5 Å². The number of aliphatic hydroxyl groups is 1. The Morgan fingerprint density at radius 2 is 1.68 bits per heavy atom. The molecule has 118 valence electrons. The van der Waals surface area contributed by atoms with Gasteiger partial charge >= 0.3 is 0 Å². The van der Waals surface area contributed by atoms with E-state index in [4.69, 9.17) is 0 Å². The molecule has 22 heavy (non-hydrogen) atoms. The molecule has 1 aliphatic carbocycles. The predicted molar refractivity (Wildman–Crippen MR) is 89.5 cm³/mol. The number of rotatable bonds is 4. The van der Waals surface area contributed by atoms with E-state index in [-0.39, 0.29) is 0 Å². The molecular weight excluding hydrogens is 270 g/mol. The van der Waals surface area contributed by atoms with Crippen molar-refractivity contribution in [3.63, 3.8) is 0 Å². The van der Waals surface area contributed by atoms with E-state index in [1.165, 1.54) is 38.8 Å². The van der Waals surface area contributed by atoms with E-state index in [9.17, 15) is 5.11 Å². The summed E-state index contributed by atoms with van der Waals surface area (Å²) in [5, 5.41) is 11.4. The van der Waals surface area contributed by atoms with Crippen LogP contribution in [0.15, 0.2) is 30.3 Å².